The summed E-state index contributed by atoms with van der Waals surface area (Å²) in [6.45, 7) is 3.00. The highest BCUT2D eigenvalue weighted by atomic mass is 16.5. The summed E-state index contributed by atoms with van der Waals surface area (Å²) in [5.41, 5.74) is 3.36. The first-order valence-corrected chi connectivity index (χ1v) is 10.5. The van der Waals surface area contributed by atoms with Crippen molar-refractivity contribution in [2.24, 2.45) is 0 Å². The maximum Gasteiger partial charge on any atom is 0.257 e. The molecule has 1 aliphatic rings. The van der Waals surface area contributed by atoms with Crippen molar-refractivity contribution in [3.05, 3.63) is 89.3 Å². The second-order valence-corrected chi connectivity index (χ2v) is 7.84. The quantitative estimate of drug-likeness (QED) is 0.467. The van der Waals surface area contributed by atoms with Gasteiger partial charge in [-0.2, -0.15) is 10.1 Å². The molecule has 8 heteroatoms. The summed E-state index contributed by atoms with van der Waals surface area (Å²) in [7, 11) is 1.64. The van der Waals surface area contributed by atoms with Crippen LogP contribution in [-0.4, -0.2) is 50.9 Å². The van der Waals surface area contributed by atoms with Crippen LogP contribution in [0.15, 0.2) is 65.3 Å². The largest absolute Gasteiger partial charge is 0.496 e. The van der Waals surface area contributed by atoms with E-state index in [2.05, 4.69) is 15.2 Å². The summed E-state index contributed by atoms with van der Waals surface area (Å²) in [5, 5.41) is 8.51. The molecule has 5 rings (SSSR count). The van der Waals surface area contributed by atoms with Crippen LogP contribution >= 0.6 is 0 Å². The van der Waals surface area contributed by atoms with Crippen molar-refractivity contribution in [2.75, 3.05) is 20.2 Å². The van der Waals surface area contributed by atoms with E-state index in [1.165, 1.54) is 0 Å². The predicted octanol–water partition coefficient (Wildman–Crippen LogP) is 3.40. The molecule has 1 fully saturated rings. The van der Waals surface area contributed by atoms with Gasteiger partial charge in [0.1, 0.15) is 5.75 Å². The Labute approximate surface area is 185 Å². The molecule has 2 aromatic heterocycles. The van der Waals surface area contributed by atoms with Crippen molar-refractivity contribution >= 4 is 5.91 Å². The first-order valence-electron chi connectivity index (χ1n) is 10.5. The van der Waals surface area contributed by atoms with Gasteiger partial charge in [0.25, 0.3) is 5.91 Å². The van der Waals surface area contributed by atoms with E-state index in [9.17, 15) is 4.79 Å². The Morgan fingerprint density at radius 3 is 2.66 bits per heavy atom. The molecule has 0 saturated carbocycles. The highest BCUT2D eigenvalue weighted by Crippen LogP contribution is 2.29. The molecule has 0 aliphatic carbocycles. The summed E-state index contributed by atoms with van der Waals surface area (Å²) in [5.74, 6) is 1.98. The van der Waals surface area contributed by atoms with Gasteiger partial charge < -0.3 is 14.2 Å². The number of likely N-dealkylation sites (tertiary alicyclic amines) is 1. The van der Waals surface area contributed by atoms with Gasteiger partial charge in [-0.25, -0.2) is 4.68 Å². The maximum atomic E-state index is 13.0. The zero-order chi connectivity index (χ0) is 22.1. The van der Waals surface area contributed by atoms with E-state index in [1.807, 2.05) is 61.5 Å². The van der Waals surface area contributed by atoms with E-state index in [0.717, 1.165) is 22.7 Å². The minimum absolute atomic E-state index is 0.0327. The summed E-state index contributed by atoms with van der Waals surface area (Å²) in [6.07, 6.45) is 2.16. The molecule has 0 bridgehead atoms. The lowest BCUT2D eigenvalue weighted by molar-refractivity contribution is 0.0568. The second-order valence-electron chi connectivity index (χ2n) is 7.84. The Morgan fingerprint density at radius 1 is 1.12 bits per heavy atom. The van der Waals surface area contributed by atoms with Crippen LogP contribution < -0.4 is 4.74 Å². The first kappa shape index (κ1) is 20.0. The Morgan fingerprint density at radius 2 is 1.88 bits per heavy atom. The Hall–Kier alpha value is -3.94. The van der Waals surface area contributed by atoms with Crippen molar-refractivity contribution in [2.45, 2.75) is 19.3 Å². The number of rotatable bonds is 6. The number of para-hydroxylation sites is 2. The third-order valence-electron chi connectivity index (χ3n) is 5.78. The van der Waals surface area contributed by atoms with Gasteiger partial charge >= 0.3 is 0 Å². The number of amides is 1. The van der Waals surface area contributed by atoms with Gasteiger partial charge in [-0.05, 0) is 25.1 Å². The van der Waals surface area contributed by atoms with Gasteiger partial charge in [-0.3, -0.25) is 4.79 Å². The summed E-state index contributed by atoms with van der Waals surface area (Å²) < 4.78 is 12.7. The highest BCUT2D eigenvalue weighted by Gasteiger charge is 2.37. The van der Waals surface area contributed by atoms with Gasteiger partial charge in [0.15, 0.2) is 5.82 Å². The zero-order valence-corrected chi connectivity index (χ0v) is 17.9. The Bertz CT molecular complexity index is 1240. The van der Waals surface area contributed by atoms with Gasteiger partial charge in [-0.15, -0.1) is 0 Å². The van der Waals surface area contributed by atoms with Gasteiger partial charge in [0.05, 0.1) is 36.2 Å². The van der Waals surface area contributed by atoms with Crippen molar-refractivity contribution in [1.82, 2.24) is 24.8 Å². The number of hydrogen-bond donors (Lipinski definition) is 0. The molecule has 1 saturated heterocycles. The van der Waals surface area contributed by atoms with E-state index in [1.54, 1.807) is 22.9 Å². The number of benzene rings is 2. The molecule has 2 aromatic carbocycles. The minimum Gasteiger partial charge on any atom is -0.496 e. The fourth-order valence-corrected chi connectivity index (χ4v) is 3.94. The lowest BCUT2D eigenvalue weighted by Crippen LogP contribution is -2.48. The molecule has 0 atom stereocenters. The summed E-state index contributed by atoms with van der Waals surface area (Å²) >= 11 is 0. The molecule has 3 heterocycles. The van der Waals surface area contributed by atoms with Crippen LogP contribution in [0.4, 0.5) is 0 Å². The summed E-state index contributed by atoms with van der Waals surface area (Å²) in [6, 6.07) is 17.6. The van der Waals surface area contributed by atoms with Crippen LogP contribution in [0.3, 0.4) is 0 Å². The van der Waals surface area contributed by atoms with E-state index >= 15 is 0 Å². The van der Waals surface area contributed by atoms with Crippen LogP contribution in [0.25, 0.3) is 5.69 Å². The second kappa shape index (κ2) is 8.30. The molecule has 1 amide bonds. The Kier molecular flexibility index (Phi) is 5.18. The normalized spacial score (nSPS) is 13.8. The van der Waals surface area contributed by atoms with Crippen LogP contribution in [0, 0.1) is 6.92 Å². The average molecular weight is 429 g/mol. The SMILES string of the molecule is COc1ccccc1Cc1noc(C2CN(C(=O)c3cnn(-c4ccccc4)c3C)C2)n1. The fourth-order valence-electron chi connectivity index (χ4n) is 3.94. The molecule has 4 aromatic rings. The molecule has 0 spiro atoms. The molecule has 0 unspecified atom stereocenters. The standard InChI is InChI=1S/C24H23N5O3/c1-16-20(13-25-29(16)19-9-4-3-5-10-19)24(30)28-14-18(15-28)23-26-22(27-32-23)12-17-8-6-7-11-21(17)31-2/h3-11,13,18H,12,14-15H2,1-2H3. The van der Waals surface area contributed by atoms with E-state index < -0.39 is 0 Å². The molecule has 162 valence electrons. The zero-order valence-electron chi connectivity index (χ0n) is 17.9. The average Bonchev–Trinajstić information content (AvgIpc) is 3.40. The third-order valence-corrected chi connectivity index (χ3v) is 5.78. The van der Waals surface area contributed by atoms with Crippen molar-refractivity contribution in [3.8, 4) is 11.4 Å². The van der Waals surface area contributed by atoms with Crippen LogP contribution in [0.2, 0.25) is 0 Å². The number of carbonyl (C=O) groups excluding carboxylic acids is 1. The highest BCUT2D eigenvalue weighted by molar-refractivity contribution is 5.95. The minimum atomic E-state index is -0.0327. The van der Waals surface area contributed by atoms with E-state index in [0.29, 0.717) is 36.8 Å². The van der Waals surface area contributed by atoms with Crippen molar-refractivity contribution in [3.63, 3.8) is 0 Å². The van der Waals surface area contributed by atoms with Crippen molar-refractivity contribution < 1.29 is 14.1 Å². The molecule has 1 aliphatic heterocycles. The van der Waals surface area contributed by atoms with Gasteiger partial charge in [0, 0.05) is 25.1 Å². The third kappa shape index (κ3) is 3.64. The van der Waals surface area contributed by atoms with E-state index in [-0.39, 0.29) is 11.8 Å². The molecule has 0 N–H and O–H groups in total. The number of carbonyl (C=O) groups is 1. The lowest BCUT2D eigenvalue weighted by atomic mass is 9.99. The maximum absolute atomic E-state index is 13.0. The van der Waals surface area contributed by atoms with Crippen LogP contribution in [-0.2, 0) is 6.42 Å². The number of ether oxygens (including phenoxy) is 1. The fraction of sp³-hybridized carbons (Fsp3) is 0.250. The predicted molar refractivity (Wildman–Crippen MR) is 117 cm³/mol. The van der Waals surface area contributed by atoms with Gasteiger partial charge in [-0.1, -0.05) is 41.6 Å². The molecule has 0 radical (unpaired) electrons. The lowest BCUT2D eigenvalue weighted by Gasteiger charge is -2.37. The topological polar surface area (TPSA) is 86.3 Å². The molecular weight excluding hydrogens is 406 g/mol. The number of nitrogens with zero attached hydrogens (tertiary/aromatic N) is 5. The van der Waals surface area contributed by atoms with Crippen LogP contribution in [0.5, 0.6) is 5.75 Å². The smallest absolute Gasteiger partial charge is 0.257 e. The monoisotopic (exact) mass is 429 g/mol. The first-order chi connectivity index (χ1) is 15.6. The van der Waals surface area contributed by atoms with Crippen molar-refractivity contribution in [1.29, 1.82) is 0 Å². The van der Waals surface area contributed by atoms with E-state index in [4.69, 9.17) is 9.26 Å². The molecular formula is C24H23N5O3. The Balaban J connectivity index is 1.23. The summed E-state index contributed by atoms with van der Waals surface area (Å²) in [4.78, 5) is 19.3. The number of methoxy groups -OCH3 is 1. The van der Waals surface area contributed by atoms with Gasteiger partial charge in [0.2, 0.25) is 5.89 Å². The molecule has 8 nitrogen and oxygen atoms in total. The molecule has 32 heavy (non-hydrogen) atoms. The number of hydrogen-bond acceptors (Lipinski definition) is 6. The van der Waals surface area contributed by atoms with Crippen LogP contribution in [0.1, 0.15) is 39.2 Å². The number of aromatic nitrogens is 4.